The fraction of sp³-hybridized carbons (Fsp3) is 0.533. The van der Waals surface area contributed by atoms with Crippen molar-refractivity contribution >= 4 is 5.97 Å². The third kappa shape index (κ3) is 5.20. The first kappa shape index (κ1) is 15.3. The lowest BCUT2D eigenvalue weighted by Crippen LogP contribution is -2.13. The van der Waals surface area contributed by atoms with E-state index in [0.717, 1.165) is 5.56 Å². The summed E-state index contributed by atoms with van der Waals surface area (Å²) in [5.74, 6) is 1.07. The highest BCUT2D eigenvalue weighted by atomic mass is 16.5. The molecule has 0 heterocycles. The van der Waals surface area contributed by atoms with Gasteiger partial charge in [0.15, 0.2) is 11.5 Å². The van der Waals surface area contributed by atoms with Gasteiger partial charge in [0.2, 0.25) is 0 Å². The lowest BCUT2D eigenvalue weighted by molar-refractivity contribution is -0.146. The maximum atomic E-state index is 11.6. The molecule has 0 aliphatic heterocycles. The van der Waals surface area contributed by atoms with Crippen LogP contribution in [0.15, 0.2) is 18.2 Å². The molecule has 0 N–H and O–H groups in total. The van der Waals surface area contributed by atoms with Gasteiger partial charge in [-0.05, 0) is 45.4 Å². The van der Waals surface area contributed by atoms with Crippen molar-refractivity contribution in [1.82, 2.24) is 0 Å². The molecular formula is C15H22O4. The second-order valence-electron chi connectivity index (χ2n) is 4.87. The van der Waals surface area contributed by atoms with Gasteiger partial charge in [-0.2, -0.15) is 0 Å². The van der Waals surface area contributed by atoms with E-state index >= 15 is 0 Å². The molecule has 0 amide bonds. The summed E-state index contributed by atoms with van der Waals surface area (Å²) in [5.41, 5.74) is 0.846. The Bertz CT molecular complexity index is 424. The number of ether oxygens (including phenoxy) is 3. The molecule has 1 aromatic carbocycles. The van der Waals surface area contributed by atoms with Crippen molar-refractivity contribution in [3.63, 3.8) is 0 Å². The molecule has 106 valence electrons. The van der Waals surface area contributed by atoms with E-state index < -0.39 is 0 Å². The number of benzene rings is 1. The molecule has 0 radical (unpaired) electrons. The molecule has 0 aliphatic carbocycles. The predicted octanol–water partition coefficient (Wildman–Crippen LogP) is 2.98. The van der Waals surface area contributed by atoms with E-state index in [9.17, 15) is 4.79 Å². The molecule has 0 saturated carbocycles. The molecule has 0 aromatic heterocycles. The fourth-order valence-electron chi connectivity index (χ4n) is 1.64. The molecule has 0 unspecified atom stereocenters. The molecule has 0 aliphatic rings. The minimum atomic E-state index is -0.241. The second-order valence-corrected chi connectivity index (χ2v) is 4.87. The zero-order chi connectivity index (χ0) is 14.4. The Morgan fingerprint density at radius 2 is 1.79 bits per heavy atom. The monoisotopic (exact) mass is 266 g/mol. The lowest BCUT2D eigenvalue weighted by Gasteiger charge is -2.14. The summed E-state index contributed by atoms with van der Waals surface area (Å²) >= 11 is 0. The third-order valence-corrected chi connectivity index (χ3v) is 2.31. The molecular weight excluding hydrogens is 244 g/mol. The number of esters is 1. The SMILES string of the molecule is COc1cc(CC(=O)OC(C)C)ccc1OC(C)C. The van der Waals surface area contributed by atoms with Crippen LogP contribution in [0.4, 0.5) is 0 Å². The highest BCUT2D eigenvalue weighted by Gasteiger charge is 2.11. The number of carbonyl (C=O) groups is 1. The van der Waals surface area contributed by atoms with Crippen LogP contribution in [0.3, 0.4) is 0 Å². The number of hydrogen-bond donors (Lipinski definition) is 0. The van der Waals surface area contributed by atoms with Crippen LogP contribution in [-0.4, -0.2) is 25.3 Å². The van der Waals surface area contributed by atoms with Gasteiger partial charge in [0, 0.05) is 0 Å². The summed E-state index contributed by atoms with van der Waals surface area (Å²) in [5, 5.41) is 0. The topological polar surface area (TPSA) is 44.8 Å². The van der Waals surface area contributed by atoms with Gasteiger partial charge in [-0.1, -0.05) is 6.07 Å². The Morgan fingerprint density at radius 3 is 2.32 bits per heavy atom. The predicted molar refractivity (Wildman–Crippen MR) is 73.7 cm³/mol. The van der Waals surface area contributed by atoms with Gasteiger partial charge in [0.1, 0.15) is 0 Å². The summed E-state index contributed by atoms with van der Waals surface area (Å²) in [6, 6.07) is 5.47. The van der Waals surface area contributed by atoms with Crippen molar-refractivity contribution in [2.24, 2.45) is 0 Å². The summed E-state index contributed by atoms with van der Waals surface area (Å²) in [6.07, 6.45) is 0.208. The summed E-state index contributed by atoms with van der Waals surface area (Å²) in [4.78, 5) is 11.6. The van der Waals surface area contributed by atoms with Gasteiger partial charge in [-0.15, -0.1) is 0 Å². The van der Waals surface area contributed by atoms with Gasteiger partial charge in [0.05, 0.1) is 25.7 Å². The molecule has 4 nitrogen and oxygen atoms in total. The van der Waals surface area contributed by atoms with E-state index in [1.54, 1.807) is 13.2 Å². The minimum absolute atomic E-state index is 0.0747. The normalized spacial score (nSPS) is 10.7. The highest BCUT2D eigenvalue weighted by Crippen LogP contribution is 2.29. The smallest absolute Gasteiger partial charge is 0.310 e. The molecule has 4 heteroatoms. The quantitative estimate of drug-likeness (QED) is 0.742. The fourth-order valence-corrected chi connectivity index (χ4v) is 1.64. The number of hydrogen-bond acceptors (Lipinski definition) is 4. The first-order valence-electron chi connectivity index (χ1n) is 6.45. The molecule has 0 spiro atoms. The number of methoxy groups -OCH3 is 1. The van der Waals surface area contributed by atoms with Crippen molar-refractivity contribution in [2.45, 2.75) is 46.3 Å². The molecule has 19 heavy (non-hydrogen) atoms. The van der Waals surface area contributed by atoms with E-state index in [2.05, 4.69) is 0 Å². The average molecular weight is 266 g/mol. The van der Waals surface area contributed by atoms with Crippen molar-refractivity contribution in [3.05, 3.63) is 23.8 Å². The van der Waals surface area contributed by atoms with Gasteiger partial charge in [0.25, 0.3) is 0 Å². The van der Waals surface area contributed by atoms with Gasteiger partial charge in [-0.3, -0.25) is 4.79 Å². The maximum Gasteiger partial charge on any atom is 0.310 e. The first-order chi connectivity index (χ1) is 8.92. The zero-order valence-corrected chi connectivity index (χ0v) is 12.2. The molecule has 0 bridgehead atoms. The number of carbonyl (C=O) groups excluding carboxylic acids is 1. The van der Waals surface area contributed by atoms with E-state index in [1.807, 2.05) is 39.8 Å². The van der Waals surface area contributed by atoms with Gasteiger partial charge < -0.3 is 14.2 Å². The first-order valence-corrected chi connectivity index (χ1v) is 6.45. The van der Waals surface area contributed by atoms with Crippen molar-refractivity contribution in [3.8, 4) is 11.5 Å². The van der Waals surface area contributed by atoms with E-state index in [-0.39, 0.29) is 24.6 Å². The van der Waals surface area contributed by atoms with Crippen molar-refractivity contribution < 1.29 is 19.0 Å². The van der Waals surface area contributed by atoms with Crippen LogP contribution >= 0.6 is 0 Å². The van der Waals surface area contributed by atoms with Crippen LogP contribution < -0.4 is 9.47 Å². The summed E-state index contributed by atoms with van der Waals surface area (Å²) in [6.45, 7) is 7.57. The van der Waals surface area contributed by atoms with Crippen LogP contribution in [0.25, 0.3) is 0 Å². The summed E-state index contributed by atoms with van der Waals surface area (Å²) < 4.78 is 16.0. The molecule has 1 aromatic rings. The van der Waals surface area contributed by atoms with E-state index in [1.165, 1.54) is 0 Å². The van der Waals surface area contributed by atoms with Crippen LogP contribution in [0.2, 0.25) is 0 Å². The Kier molecular flexibility index (Phi) is 5.67. The maximum absolute atomic E-state index is 11.6. The molecule has 0 atom stereocenters. The Labute approximate surface area is 114 Å². The standard InChI is InChI=1S/C15H22O4/c1-10(2)18-13-7-6-12(8-14(13)17-5)9-15(16)19-11(3)4/h6-8,10-11H,9H2,1-5H3. The van der Waals surface area contributed by atoms with E-state index in [0.29, 0.717) is 11.5 Å². The molecule has 0 fully saturated rings. The highest BCUT2D eigenvalue weighted by molar-refractivity contribution is 5.73. The second kappa shape index (κ2) is 7.02. The largest absolute Gasteiger partial charge is 0.493 e. The molecule has 0 saturated heterocycles. The van der Waals surface area contributed by atoms with Crippen LogP contribution in [0.5, 0.6) is 11.5 Å². The molecule has 1 rings (SSSR count). The van der Waals surface area contributed by atoms with Crippen LogP contribution in [0.1, 0.15) is 33.3 Å². The Balaban J connectivity index is 2.79. The van der Waals surface area contributed by atoms with Crippen molar-refractivity contribution in [1.29, 1.82) is 0 Å². The zero-order valence-electron chi connectivity index (χ0n) is 12.2. The lowest BCUT2D eigenvalue weighted by atomic mass is 10.1. The van der Waals surface area contributed by atoms with Gasteiger partial charge >= 0.3 is 5.97 Å². The van der Waals surface area contributed by atoms with Gasteiger partial charge in [-0.25, -0.2) is 0 Å². The Hall–Kier alpha value is -1.71. The minimum Gasteiger partial charge on any atom is -0.493 e. The average Bonchev–Trinajstić information content (AvgIpc) is 2.29. The summed E-state index contributed by atoms with van der Waals surface area (Å²) in [7, 11) is 1.58. The van der Waals surface area contributed by atoms with Crippen LogP contribution in [-0.2, 0) is 16.0 Å². The van der Waals surface area contributed by atoms with Crippen molar-refractivity contribution in [2.75, 3.05) is 7.11 Å². The third-order valence-electron chi connectivity index (χ3n) is 2.31. The Morgan fingerprint density at radius 1 is 1.11 bits per heavy atom. The van der Waals surface area contributed by atoms with Crippen LogP contribution in [0, 0.1) is 0 Å². The number of rotatable bonds is 6. The van der Waals surface area contributed by atoms with E-state index in [4.69, 9.17) is 14.2 Å².